The topological polar surface area (TPSA) is 116 Å². The average molecular weight is 251 g/mol. The maximum absolute atomic E-state index is 11.3. The number of nitro benzene ring substituents is 1. The lowest BCUT2D eigenvalue weighted by atomic mass is 10.2. The van der Waals surface area contributed by atoms with Gasteiger partial charge in [-0.3, -0.25) is 10.1 Å². The van der Waals surface area contributed by atoms with E-state index in [4.69, 9.17) is 0 Å². The van der Waals surface area contributed by atoms with E-state index < -0.39 is 17.0 Å². The molecule has 2 rings (SSSR count). The Morgan fingerprint density at radius 3 is 2.89 bits per heavy atom. The summed E-state index contributed by atoms with van der Waals surface area (Å²) in [4.78, 5) is 10.1. The number of hydrogen-bond acceptors (Lipinski definition) is 6. The number of aliphatic hydroxyl groups excluding tert-OH is 1. The van der Waals surface area contributed by atoms with Gasteiger partial charge in [0.2, 0.25) is 5.69 Å². The summed E-state index contributed by atoms with van der Waals surface area (Å²) >= 11 is 0. The molecule has 0 aliphatic carbocycles. The second-order valence-electron chi connectivity index (χ2n) is 3.61. The van der Waals surface area contributed by atoms with E-state index in [9.17, 15) is 20.3 Å². The Kier molecular flexibility index (Phi) is 2.94. The first-order valence-corrected chi connectivity index (χ1v) is 5.02. The lowest BCUT2D eigenvalue weighted by Gasteiger charge is -1.99. The van der Waals surface area contributed by atoms with Gasteiger partial charge in [-0.2, -0.15) is 0 Å². The van der Waals surface area contributed by atoms with Crippen molar-refractivity contribution < 1.29 is 24.3 Å². The molecular weight excluding hydrogens is 242 g/mol. The molecule has 1 N–H and O–H groups in total. The van der Waals surface area contributed by atoms with Gasteiger partial charge >= 0.3 is 0 Å². The van der Waals surface area contributed by atoms with Crippen LogP contribution < -0.4 is 9.79 Å². The first-order chi connectivity index (χ1) is 8.50. The molecule has 0 bridgehead atoms. The molecule has 1 aromatic heterocycles. The maximum atomic E-state index is 11.3. The fourth-order valence-electron chi connectivity index (χ4n) is 1.53. The molecule has 0 aliphatic heterocycles. The van der Waals surface area contributed by atoms with Crippen molar-refractivity contribution in [2.45, 2.75) is 13.0 Å². The number of aliphatic hydroxyl groups is 1. The van der Waals surface area contributed by atoms with E-state index in [0.717, 1.165) is 4.68 Å². The van der Waals surface area contributed by atoms with E-state index in [2.05, 4.69) is 9.79 Å². The average Bonchev–Trinajstić information content (AvgIpc) is 2.71. The van der Waals surface area contributed by atoms with Crippen molar-refractivity contribution in [3.05, 3.63) is 40.1 Å². The molecule has 0 amide bonds. The zero-order valence-electron chi connectivity index (χ0n) is 9.31. The van der Waals surface area contributed by atoms with Gasteiger partial charge in [-0.05, 0) is 17.7 Å². The van der Waals surface area contributed by atoms with Crippen molar-refractivity contribution in [1.82, 2.24) is 5.27 Å². The van der Waals surface area contributed by atoms with Gasteiger partial charge in [0, 0.05) is 12.1 Å². The zero-order chi connectivity index (χ0) is 13.3. The predicted molar refractivity (Wildman–Crippen MR) is 54.8 cm³/mol. The van der Waals surface area contributed by atoms with Crippen LogP contribution in [0.2, 0.25) is 0 Å². The van der Waals surface area contributed by atoms with E-state index >= 15 is 0 Å². The lowest BCUT2D eigenvalue weighted by molar-refractivity contribution is -0.681. The van der Waals surface area contributed by atoms with Crippen LogP contribution in [0.15, 0.2) is 28.8 Å². The van der Waals surface area contributed by atoms with Crippen LogP contribution in [0, 0.1) is 10.1 Å². The number of benzene rings is 1. The fourth-order valence-corrected chi connectivity index (χ4v) is 1.53. The molecule has 0 saturated carbocycles. The van der Waals surface area contributed by atoms with Gasteiger partial charge in [0.15, 0.2) is 5.95 Å². The van der Waals surface area contributed by atoms with E-state index in [1.165, 1.54) is 31.2 Å². The molecule has 1 aromatic carbocycles. The number of hydrogen-bond donors (Lipinski definition) is 1. The largest absolute Gasteiger partial charge is 0.539 e. The predicted octanol–water partition coefficient (Wildman–Crippen LogP) is -0.0136. The second kappa shape index (κ2) is 4.41. The first-order valence-electron chi connectivity index (χ1n) is 5.02. The molecule has 0 aliphatic rings. The van der Waals surface area contributed by atoms with Crippen molar-refractivity contribution in [3.8, 4) is 11.6 Å². The highest BCUT2D eigenvalue weighted by atomic mass is 16.6. The molecule has 18 heavy (non-hydrogen) atoms. The molecule has 0 fully saturated rings. The van der Waals surface area contributed by atoms with Crippen LogP contribution in [0.4, 0.5) is 5.69 Å². The van der Waals surface area contributed by atoms with Gasteiger partial charge in [0.05, 0.1) is 16.3 Å². The second-order valence-corrected chi connectivity index (χ2v) is 3.61. The van der Waals surface area contributed by atoms with Gasteiger partial charge in [-0.15, -0.1) is 0 Å². The summed E-state index contributed by atoms with van der Waals surface area (Å²) < 4.78 is 5.48. The maximum Gasteiger partial charge on any atom is 0.276 e. The summed E-state index contributed by atoms with van der Waals surface area (Å²) in [6.07, 6.45) is -1.09. The SMILES string of the molecule is CC(O)c1c([O-])on[n+]1-c1cccc([N+](=O)[O-])c1. The third kappa shape index (κ3) is 2.00. The van der Waals surface area contributed by atoms with Crippen LogP contribution in [0.5, 0.6) is 5.95 Å². The van der Waals surface area contributed by atoms with Crippen molar-refractivity contribution >= 4 is 5.69 Å². The van der Waals surface area contributed by atoms with Crippen LogP contribution >= 0.6 is 0 Å². The van der Waals surface area contributed by atoms with Gasteiger partial charge in [0.1, 0.15) is 6.10 Å². The normalized spacial score (nSPS) is 12.3. The molecular formula is C10H9N3O5. The lowest BCUT2D eigenvalue weighted by Crippen LogP contribution is -2.37. The first kappa shape index (κ1) is 12.0. The molecule has 1 atom stereocenters. The molecule has 1 unspecified atom stereocenters. The molecule has 0 spiro atoms. The highest BCUT2D eigenvalue weighted by molar-refractivity contribution is 5.38. The third-order valence-electron chi connectivity index (χ3n) is 2.32. The Morgan fingerprint density at radius 2 is 2.28 bits per heavy atom. The number of aromatic nitrogens is 2. The Morgan fingerprint density at radius 1 is 1.56 bits per heavy atom. The van der Waals surface area contributed by atoms with Crippen LogP contribution in [0.1, 0.15) is 18.7 Å². The van der Waals surface area contributed by atoms with Gasteiger partial charge < -0.3 is 14.7 Å². The molecule has 8 heteroatoms. The molecule has 8 nitrogen and oxygen atoms in total. The van der Waals surface area contributed by atoms with Gasteiger partial charge in [0.25, 0.3) is 11.4 Å². The quantitative estimate of drug-likeness (QED) is 0.465. The summed E-state index contributed by atoms with van der Waals surface area (Å²) in [7, 11) is 0. The van der Waals surface area contributed by atoms with E-state index in [1.807, 2.05) is 0 Å². The van der Waals surface area contributed by atoms with Gasteiger partial charge in [-0.25, -0.2) is 0 Å². The van der Waals surface area contributed by atoms with Crippen molar-refractivity contribution in [1.29, 1.82) is 0 Å². The van der Waals surface area contributed by atoms with Crippen molar-refractivity contribution in [2.24, 2.45) is 0 Å². The van der Waals surface area contributed by atoms with Crippen LogP contribution in [-0.4, -0.2) is 15.3 Å². The minimum atomic E-state index is -1.09. The molecule has 1 heterocycles. The van der Waals surface area contributed by atoms with Crippen molar-refractivity contribution in [2.75, 3.05) is 0 Å². The number of rotatable bonds is 3. The van der Waals surface area contributed by atoms with Crippen LogP contribution in [0.3, 0.4) is 0 Å². The Labute approximate surface area is 101 Å². The van der Waals surface area contributed by atoms with E-state index in [0.29, 0.717) is 0 Å². The molecule has 0 saturated heterocycles. The van der Waals surface area contributed by atoms with E-state index in [-0.39, 0.29) is 17.1 Å². The zero-order valence-corrected chi connectivity index (χ0v) is 9.31. The highest BCUT2D eigenvalue weighted by Gasteiger charge is 2.25. The highest BCUT2D eigenvalue weighted by Crippen LogP contribution is 2.19. The number of non-ortho nitro benzene ring substituents is 1. The van der Waals surface area contributed by atoms with E-state index in [1.54, 1.807) is 0 Å². The third-order valence-corrected chi connectivity index (χ3v) is 2.32. The summed E-state index contributed by atoms with van der Waals surface area (Å²) in [5.74, 6) is -0.781. The summed E-state index contributed by atoms with van der Waals surface area (Å²) in [6, 6.07) is 5.50. The number of nitrogens with zero attached hydrogens (tertiary/aromatic N) is 3. The Hall–Kier alpha value is -2.48. The number of nitro groups is 1. The Bertz CT molecular complexity index is 593. The van der Waals surface area contributed by atoms with Gasteiger partial charge in [-0.1, -0.05) is 0 Å². The minimum Gasteiger partial charge on any atom is -0.539 e. The van der Waals surface area contributed by atoms with Crippen LogP contribution in [0.25, 0.3) is 5.69 Å². The molecule has 0 radical (unpaired) electrons. The molecule has 94 valence electrons. The summed E-state index contributed by atoms with van der Waals surface area (Å²) in [5, 5.41) is 34.9. The smallest absolute Gasteiger partial charge is 0.276 e. The fraction of sp³-hybridized carbons (Fsp3) is 0.200. The minimum absolute atomic E-state index is 0.0875. The molecule has 2 aromatic rings. The summed E-state index contributed by atoms with van der Waals surface area (Å²) in [6.45, 7) is 1.38. The van der Waals surface area contributed by atoms with Crippen LogP contribution in [-0.2, 0) is 0 Å². The standard InChI is InChI=1S/C10H9N3O5/c1-6(14)9-10(15)18-11-12(9)7-3-2-4-8(5-7)13(16)17/h2-6,14H,1H3. The van der Waals surface area contributed by atoms with Crippen molar-refractivity contribution in [3.63, 3.8) is 0 Å². The monoisotopic (exact) mass is 251 g/mol. The summed E-state index contributed by atoms with van der Waals surface area (Å²) in [5.41, 5.74) is 0.0356. The Balaban J connectivity index is 2.55.